The second-order valence-electron chi connectivity index (χ2n) is 5.42. The van der Waals surface area contributed by atoms with Gasteiger partial charge in [-0.25, -0.2) is 4.98 Å². The molecule has 0 saturated carbocycles. The lowest BCUT2D eigenvalue weighted by Crippen LogP contribution is -2.41. The van der Waals surface area contributed by atoms with Crippen LogP contribution >= 0.6 is 0 Å². The molecule has 2 rings (SSSR count). The summed E-state index contributed by atoms with van der Waals surface area (Å²) in [4.78, 5) is 9.71. The standard InChI is InChI=1S/C16H23N3O/c1-13(2)15(12-20)19(11-16-17-8-9-18-16)10-14-6-4-3-5-7-14/h3-9,13,15,20H,10-12H2,1-2H3,(H,17,18)/t15-/m0/s1. The summed E-state index contributed by atoms with van der Waals surface area (Å²) in [5.41, 5.74) is 1.25. The summed E-state index contributed by atoms with van der Waals surface area (Å²) in [7, 11) is 0. The number of benzene rings is 1. The molecule has 0 amide bonds. The van der Waals surface area contributed by atoms with Gasteiger partial charge >= 0.3 is 0 Å². The first-order valence-electron chi connectivity index (χ1n) is 7.07. The molecule has 2 N–H and O–H groups in total. The molecule has 0 bridgehead atoms. The Labute approximate surface area is 120 Å². The first-order valence-corrected chi connectivity index (χ1v) is 7.07. The number of aromatic nitrogens is 2. The van der Waals surface area contributed by atoms with E-state index in [0.717, 1.165) is 12.4 Å². The number of H-pyrrole nitrogens is 1. The van der Waals surface area contributed by atoms with Gasteiger partial charge < -0.3 is 10.1 Å². The average Bonchev–Trinajstić information content (AvgIpc) is 2.93. The molecule has 1 atom stereocenters. The molecule has 2 aromatic rings. The van der Waals surface area contributed by atoms with E-state index >= 15 is 0 Å². The third-order valence-electron chi connectivity index (χ3n) is 3.56. The van der Waals surface area contributed by atoms with Crippen LogP contribution in [-0.4, -0.2) is 32.6 Å². The van der Waals surface area contributed by atoms with Gasteiger partial charge in [-0.1, -0.05) is 44.2 Å². The molecule has 0 radical (unpaired) electrons. The Kier molecular flexibility index (Phi) is 5.32. The van der Waals surface area contributed by atoms with E-state index in [9.17, 15) is 5.11 Å². The summed E-state index contributed by atoms with van der Waals surface area (Å²) in [6.45, 7) is 5.96. The Bertz CT molecular complexity index is 482. The van der Waals surface area contributed by atoms with Gasteiger partial charge in [0.15, 0.2) is 0 Å². The van der Waals surface area contributed by atoms with Crippen molar-refractivity contribution in [2.75, 3.05) is 6.61 Å². The minimum atomic E-state index is 0.125. The number of nitrogens with zero attached hydrogens (tertiary/aromatic N) is 2. The number of aliphatic hydroxyl groups excluding tert-OH is 1. The van der Waals surface area contributed by atoms with E-state index < -0.39 is 0 Å². The number of aliphatic hydroxyl groups is 1. The Morgan fingerprint density at radius 2 is 1.95 bits per heavy atom. The van der Waals surface area contributed by atoms with Gasteiger partial charge in [0.2, 0.25) is 0 Å². The van der Waals surface area contributed by atoms with Crippen LogP contribution in [0.1, 0.15) is 25.2 Å². The van der Waals surface area contributed by atoms with Gasteiger partial charge in [0, 0.05) is 25.0 Å². The predicted molar refractivity (Wildman–Crippen MR) is 80.0 cm³/mol. The second kappa shape index (κ2) is 7.22. The van der Waals surface area contributed by atoms with Crippen LogP contribution in [0.15, 0.2) is 42.7 Å². The zero-order valence-corrected chi connectivity index (χ0v) is 12.2. The van der Waals surface area contributed by atoms with Crippen molar-refractivity contribution in [1.29, 1.82) is 0 Å². The van der Waals surface area contributed by atoms with Crippen molar-refractivity contribution in [1.82, 2.24) is 14.9 Å². The largest absolute Gasteiger partial charge is 0.395 e. The fourth-order valence-corrected chi connectivity index (χ4v) is 2.43. The average molecular weight is 273 g/mol. The fraction of sp³-hybridized carbons (Fsp3) is 0.438. The first kappa shape index (κ1) is 14.8. The third kappa shape index (κ3) is 3.92. The molecule has 0 aliphatic carbocycles. The van der Waals surface area contributed by atoms with Gasteiger partial charge in [0.05, 0.1) is 13.2 Å². The summed E-state index contributed by atoms with van der Waals surface area (Å²) in [6.07, 6.45) is 3.60. The lowest BCUT2D eigenvalue weighted by Gasteiger charge is -2.32. The van der Waals surface area contributed by atoms with E-state index in [4.69, 9.17) is 0 Å². The minimum absolute atomic E-state index is 0.125. The van der Waals surface area contributed by atoms with E-state index in [-0.39, 0.29) is 12.6 Å². The molecule has 0 unspecified atom stereocenters. The minimum Gasteiger partial charge on any atom is -0.395 e. The maximum Gasteiger partial charge on any atom is 0.120 e. The van der Waals surface area contributed by atoms with Crippen molar-refractivity contribution >= 4 is 0 Å². The highest BCUT2D eigenvalue weighted by Gasteiger charge is 2.22. The molecular formula is C16H23N3O. The number of imidazole rings is 1. The molecule has 108 valence electrons. The lowest BCUT2D eigenvalue weighted by molar-refractivity contribution is 0.0765. The molecule has 1 aromatic carbocycles. The third-order valence-corrected chi connectivity index (χ3v) is 3.56. The van der Waals surface area contributed by atoms with Crippen LogP contribution in [0, 0.1) is 5.92 Å². The Morgan fingerprint density at radius 3 is 2.50 bits per heavy atom. The van der Waals surface area contributed by atoms with Crippen molar-refractivity contribution in [3.8, 4) is 0 Å². The van der Waals surface area contributed by atoms with E-state index in [1.165, 1.54) is 5.56 Å². The van der Waals surface area contributed by atoms with E-state index in [1.54, 1.807) is 6.20 Å². The number of nitrogens with one attached hydrogen (secondary N) is 1. The second-order valence-corrected chi connectivity index (χ2v) is 5.42. The summed E-state index contributed by atoms with van der Waals surface area (Å²) in [5, 5.41) is 9.70. The van der Waals surface area contributed by atoms with Gasteiger partial charge in [-0.15, -0.1) is 0 Å². The van der Waals surface area contributed by atoms with Crippen molar-refractivity contribution in [3.63, 3.8) is 0 Å². The van der Waals surface area contributed by atoms with Crippen LogP contribution in [0.5, 0.6) is 0 Å². The van der Waals surface area contributed by atoms with Crippen LogP contribution in [0.3, 0.4) is 0 Å². The molecule has 4 heteroatoms. The summed E-state index contributed by atoms with van der Waals surface area (Å²) in [6, 6.07) is 10.5. The molecule has 0 saturated heterocycles. The Morgan fingerprint density at radius 1 is 1.20 bits per heavy atom. The Balaban J connectivity index is 2.14. The van der Waals surface area contributed by atoms with Crippen molar-refractivity contribution in [2.45, 2.75) is 33.0 Å². The molecule has 1 aromatic heterocycles. The van der Waals surface area contributed by atoms with Crippen molar-refractivity contribution < 1.29 is 5.11 Å². The molecule has 0 fully saturated rings. The summed E-state index contributed by atoms with van der Waals surface area (Å²) >= 11 is 0. The van der Waals surface area contributed by atoms with Crippen molar-refractivity contribution in [3.05, 3.63) is 54.1 Å². The van der Waals surface area contributed by atoms with Gasteiger partial charge in [-0.3, -0.25) is 4.90 Å². The maximum atomic E-state index is 9.70. The summed E-state index contributed by atoms with van der Waals surface area (Å²) < 4.78 is 0. The van der Waals surface area contributed by atoms with Crippen LogP contribution in [-0.2, 0) is 13.1 Å². The van der Waals surface area contributed by atoms with E-state index in [2.05, 4.69) is 40.8 Å². The first-order chi connectivity index (χ1) is 9.70. The van der Waals surface area contributed by atoms with Crippen molar-refractivity contribution in [2.24, 2.45) is 5.92 Å². The van der Waals surface area contributed by atoms with E-state index in [1.807, 2.05) is 24.4 Å². The van der Waals surface area contributed by atoms with Gasteiger partial charge in [-0.05, 0) is 11.5 Å². The normalized spacial score (nSPS) is 13.1. The molecular weight excluding hydrogens is 250 g/mol. The maximum absolute atomic E-state index is 9.70. The van der Waals surface area contributed by atoms with Gasteiger partial charge in [0.1, 0.15) is 5.82 Å². The number of rotatable bonds is 7. The number of hydrogen-bond donors (Lipinski definition) is 2. The smallest absolute Gasteiger partial charge is 0.120 e. The topological polar surface area (TPSA) is 52.1 Å². The molecule has 0 spiro atoms. The number of hydrogen-bond acceptors (Lipinski definition) is 3. The number of aromatic amines is 1. The SMILES string of the molecule is CC(C)[C@H](CO)N(Cc1ccccc1)Cc1ncc[nH]1. The highest BCUT2D eigenvalue weighted by atomic mass is 16.3. The molecule has 1 heterocycles. The van der Waals surface area contributed by atoms with Crippen LogP contribution in [0.2, 0.25) is 0 Å². The zero-order valence-electron chi connectivity index (χ0n) is 12.2. The molecule has 0 aliphatic heterocycles. The highest BCUT2D eigenvalue weighted by Crippen LogP contribution is 2.16. The molecule has 0 aliphatic rings. The zero-order chi connectivity index (χ0) is 14.4. The fourth-order valence-electron chi connectivity index (χ4n) is 2.43. The van der Waals surface area contributed by atoms with Gasteiger partial charge in [-0.2, -0.15) is 0 Å². The highest BCUT2D eigenvalue weighted by molar-refractivity contribution is 5.14. The molecule has 20 heavy (non-hydrogen) atoms. The Hall–Kier alpha value is -1.65. The predicted octanol–water partition coefficient (Wildman–Crippen LogP) is 2.43. The van der Waals surface area contributed by atoms with E-state index in [0.29, 0.717) is 12.5 Å². The molecule has 4 nitrogen and oxygen atoms in total. The van der Waals surface area contributed by atoms with Gasteiger partial charge in [0.25, 0.3) is 0 Å². The monoisotopic (exact) mass is 273 g/mol. The quantitative estimate of drug-likeness (QED) is 0.814. The van der Waals surface area contributed by atoms with Crippen LogP contribution < -0.4 is 0 Å². The van der Waals surface area contributed by atoms with Crippen LogP contribution in [0.25, 0.3) is 0 Å². The summed E-state index contributed by atoms with van der Waals surface area (Å²) in [5.74, 6) is 1.32. The lowest BCUT2D eigenvalue weighted by atomic mass is 10.0. The van der Waals surface area contributed by atoms with Crippen LogP contribution in [0.4, 0.5) is 0 Å².